The lowest BCUT2D eigenvalue weighted by Crippen LogP contribution is -2.46. The van der Waals surface area contributed by atoms with Crippen molar-refractivity contribution in [3.63, 3.8) is 0 Å². The fraction of sp³-hybridized carbons (Fsp3) is 0.385. The van der Waals surface area contributed by atoms with Gasteiger partial charge in [0.1, 0.15) is 11.4 Å². The molecule has 0 saturated carbocycles. The second-order valence-corrected chi connectivity index (χ2v) is 10.4. The molecule has 3 amide bonds. The molecule has 0 bridgehead atoms. The minimum Gasteiger partial charge on any atom is -0.487 e. The lowest BCUT2D eigenvalue weighted by molar-refractivity contribution is -0.137. The molecule has 192 valence electrons. The third-order valence-electron chi connectivity index (χ3n) is 5.81. The number of rotatable bonds is 4. The van der Waals surface area contributed by atoms with Crippen LogP contribution in [0.25, 0.3) is 5.57 Å². The molecule has 0 spiro atoms. The molecule has 10 heteroatoms. The Kier molecular flexibility index (Phi) is 6.28. The number of hydrogen-bond acceptors (Lipinski definition) is 4. The molecule has 0 radical (unpaired) electrons. The predicted octanol–water partition coefficient (Wildman–Crippen LogP) is 5.41. The first-order valence-corrected chi connectivity index (χ1v) is 11.4. The van der Waals surface area contributed by atoms with Gasteiger partial charge < -0.3 is 25.4 Å². The minimum absolute atomic E-state index is 0.0761. The number of fused-ring (bicyclic) bond motifs is 2. The number of carbonyl (C=O) groups is 2. The molecular formula is C26H28F3N3O4. The maximum Gasteiger partial charge on any atom is 0.416 e. The highest BCUT2D eigenvalue weighted by atomic mass is 19.4. The predicted molar refractivity (Wildman–Crippen MR) is 130 cm³/mol. The van der Waals surface area contributed by atoms with Crippen molar-refractivity contribution < 1.29 is 32.6 Å². The summed E-state index contributed by atoms with van der Waals surface area (Å²) in [5.41, 5.74) is 0.162. The largest absolute Gasteiger partial charge is 0.487 e. The van der Waals surface area contributed by atoms with Crippen LogP contribution in [0.5, 0.6) is 5.75 Å². The van der Waals surface area contributed by atoms with E-state index in [1.165, 1.54) is 17.0 Å². The summed E-state index contributed by atoms with van der Waals surface area (Å²) in [5.74, 6) is -0.383. The van der Waals surface area contributed by atoms with E-state index in [1.54, 1.807) is 45.9 Å². The Labute approximate surface area is 206 Å². The van der Waals surface area contributed by atoms with Crippen molar-refractivity contribution in [1.82, 2.24) is 4.90 Å². The van der Waals surface area contributed by atoms with Crippen molar-refractivity contribution >= 4 is 28.9 Å². The molecule has 2 aromatic rings. The highest BCUT2D eigenvalue weighted by Crippen LogP contribution is 2.43. The van der Waals surface area contributed by atoms with Gasteiger partial charge in [0.15, 0.2) is 0 Å². The quantitative estimate of drug-likeness (QED) is 0.487. The van der Waals surface area contributed by atoms with Crippen LogP contribution in [-0.4, -0.2) is 39.7 Å². The summed E-state index contributed by atoms with van der Waals surface area (Å²) >= 11 is 0. The van der Waals surface area contributed by atoms with Gasteiger partial charge in [0.25, 0.3) is 0 Å². The van der Waals surface area contributed by atoms with E-state index >= 15 is 0 Å². The van der Waals surface area contributed by atoms with Crippen LogP contribution in [-0.2, 0) is 17.5 Å². The van der Waals surface area contributed by atoms with Gasteiger partial charge in [-0.25, -0.2) is 4.79 Å². The Morgan fingerprint density at radius 2 is 1.94 bits per heavy atom. The molecule has 0 unspecified atom stereocenters. The van der Waals surface area contributed by atoms with Gasteiger partial charge in [-0.3, -0.25) is 4.79 Å². The zero-order chi connectivity index (χ0) is 26.5. The highest BCUT2D eigenvalue weighted by molar-refractivity contribution is 6.05. The lowest BCUT2D eigenvalue weighted by Gasteiger charge is -2.34. The van der Waals surface area contributed by atoms with E-state index in [0.29, 0.717) is 35.5 Å². The van der Waals surface area contributed by atoms with Gasteiger partial charge in [-0.05, 0) is 63.1 Å². The maximum absolute atomic E-state index is 13.2. The van der Waals surface area contributed by atoms with E-state index in [1.807, 2.05) is 0 Å². The monoisotopic (exact) mass is 503 g/mol. The fourth-order valence-electron chi connectivity index (χ4n) is 4.38. The van der Waals surface area contributed by atoms with Gasteiger partial charge in [-0.1, -0.05) is 12.1 Å². The number of carbonyl (C=O) groups excluding carboxylic acids is 2. The van der Waals surface area contributed by atoms with Crippen LogP contribution < -0.4 is 15.4 Å². The molecule has 2 heterocycles. The summed E-state index contributed by atoms with van der Waals surface area (Å²) in [6.45, 7) is 7.21. The molecule has 3 N–H and O–H groups in total. The van der Waals surface area contributed by atoms with E-state index in [4.69, 9.17) is 4.74 Å². The Morgan fingerprint density at radius 1 is 1.22 bits per heavy atom. The maximum atomic E-state index is 13.2. The van der Waals surface area contributed by atoms with Crippen molar-refractivity contribution in [2.75, 3.05) is 17.2 Å². The molecule has 0 fully saturated rings. The number of urea groups is 1. The van der Waals surface area contributed by atoms with E-state index in [-0.39, 0.29) is 18.3 Å². The Balaban J connectivity index is 1.54. The van der Waals surface area contributed by atoms with Crippen molar-refractivity contribution in [2.24, 2.45) is 0 Å². The minimum atomic E-state index is -4.51. The van der Waals surface area contributed by atoms with Crippen molar-refractivity contribution in [3.05, 3.63) is 59.2 Å². The van der Waals surface area contributed by atoms with E-state index in [0.717, 1.165) is 17.7 Å². The summed E-state index contributed by atoms with van der Waals surface area (Å²) in [7, 11) is 0. The number of nitrogens with zero attached hydrogens (tertiary/aromatic N) is 1. The number of benzene rings is 2. The summed E-state index contributed by atoms with van der Waals surface area (Å²) in [6, 6.07) is 8.01. The van der Waals surface area contributed by atoms with E-state index < -0.39 is 28.8 Å². The summed E-state index contributed by atoms with van der Waals surface area (Å²) in [4.78, 5) is 26.8. The van der Waals surface area contributed by atoms with E-state index in [9.17, 15) is 27.9 Å². The number of anilines is 2. The number of aliphatic hydroxyl groups is 1. The number of amides is 3. The standard InChI is InChI=1S/C26H28F3N3O4/c1-24(2,35)14-32-13-15-5-7-18(11-20(15)31-23(32)34)30-22(33)9-16-12-25(3,4)36-21-10-17(26(27,28)29)6-8-19(16)21/h5-11,35H,12-14H2,1-4H3,(H,30,33)(H,31,34)/b16-9+. The number of ether oxygens (including phenoxy) is 1. The number of hydrogen-bond donors (Lipinski definition) is 3. The summed E-state index contributed by atoms with van der Waals surface area (Å²) in [5, 5.41) is 15.5. The molecule has 0 atom stereocenters. The third-order valence-corrected chi connectivity index (χ3v) is 5.81. The number of alkyl halides is 3. The number of β-amino-alcohol motifs (C(OH)–C–C–N with tert-alkyl or cyclic N) is 1. The highest BCUT2D eigenvalue weighted by Gasteiger charge is 2.35. The Bertz CT molecular complexity index is 1250. The Morgan fingerprint density at radius 3 is 2.61 bits per heavy atom. The smallest absolute Gasteiger partial charge is 0.416 e. The first kappa shape index (κ1) is 25.6. The zero-order valence-electron chi connectivity index (χ0n) is 20.4. The molecule has 7 nitrogen and oxygen atoms in total. The van der Waals surface area contributed by atoms with Gasteiger partial charge in [0.2, 0.25) is 5.91 Å². The fourth-order valence-corrected chi connectivity index (χ4v) is 4.38. The van der Waals surface area contributed by atoms with Crippen LogP contribution in [0.15, 0.2) is 42.5 Å². The van der Waals surface area contributed by atoms with Crippen LogP contribution >= 0.6 is 0 Å². The van der Waals surface area contributed by atoms with Crippen molar-refractivity contribution in [3.8, 4) is 5.75 Å². The zero-order valence-corrected chi connectivity index (χ0v) is 20.4. The summed E-state index contributed by atoms with van der Waals surface area (Å²) in [6.07, 6.45) is -2.82. The van der Waals surface area contributed by atoms with Crippen LogP contribution in [0.3, 0.4) is 0 Å². The average molecular weight is 504 g/mol. The van der Waals surface area contributed by atoms with Gasteiger partial charge in [-0.2, -0.15) is 13.2 Å². The third kappa shape index (κ3) is 5.81. The van der Waals surface area contributed by atoms with Crippen LogP contribution in [0, 0.1) is 0 Å². The molecule has 4 rings (SSSR count). The summed E-state index contributed by atoms with van der Waals surface area (Å²) < 4.78 is 45.3. The number of halogens is 3. The van der Waals surface area contributed by atoms with Crippen LogP contribution in [0.4, 0.5) is 29.3 Å². The second kappa shape index (κ2) is 8.85. The molecule has 0 saturated heterocycles. The molecule has 0 aliphatic carbocycles. The van der Waals surface area contributed by atoms with Crippen molar-refractivity contribution in [2.45, 2.75) is 58.0 Å². The average Bonchev–Trinajstić information content (AvgIpc) is 2.71. The van der Waals surface area contributed by atoms with Gasteiger partial charge in [0.05, 0.1) is 17.7 Å². The first-order valence-electron chi connectivity index (χ1n) is 11.4. The van der Waals surface area contributed by atoms with Crippen molar-refractivity contribution in [1.29, 1.82) is 0 Å². The molecule has 2 aliphatic rings. The second-order valence-electron chi connectivity index (χ2n) is 10.4. The van der Waals surface area contributed by atoms with E-state index in [2.05, 4.69) is 10.6 Å². The molecule has 2 aliphatic heterocycles. The SMILES string of the molecule is CC(C)(O)CN1Cc2ccc(NC(=O)/C=C3\CC(C)(C)Oc4cc(C(F)(F)F)ccc43)cc2NC1=O. The van der Waals surface area contributed by atoms with Crippen LogP contribution in [0.2, 0.25) is 0 Å². The Hall–Kier alpha value is -3.53. The normalized spacial score (nSPS) is 18.2. The topological polar surface area (TPSA) is 90.9 Å². The van der Waals surface area contributed by atoms with Gasteiger partial charge in [-0.15, -0.1) is 0 Å². The lowest BCUT2D eigenvalue weighted by atomic mass is 9.88. The first-order chi connectivity index (χ1) is 16.6. The molecule has 36 heavy (non-hydrogen) atoms. The van der Waals surface area contributed by atoms with Gasteiger partial charge in [0, 0.05) is 36.0 Å². The van der Waals surface area contributed by atoms with Gasteiger partial charge >= 0.3 is 12.2 Å². The van der Waals surface area contributed by atoms with Crippen LogP contribution in [0.1, 0.15) is 50.8 Å². The molecular weight excluding hydrogens is 475 g/mol. The number of nitrogens with one attached hydrogen (secondary N) is 2. The molecule has 0 aromatic heterocycles. The molecule has 2 aromatic carbocycles.